The second kappa shape index (κ2) is 12.5. The number of carbonyl (C=O) groups is 2. The molecule has 2 aromatic rings. The molecule has 1 aliphatic heterocycles. The first-order valence-electron chi connectivity index (χ1n) is 11.9. The summed E-state index contributed by atoms with van der Waals surface area (Å²) < 4.78 is 18.2. The molecule has 0 spiro atoms. The van der Waals surface area contributed by atoms with Crippen LogP contribution >= 0.6 is 0 Å². The predicted molar refractivity (Wildman–Crippen MR) is 129 cm³/mol. The van der Waals surface area contributed by atoms with Crippen molar-refractivity contribution in [1.29, 1.82) is 0 Å². The molecular formula is C27H35FN2O3. The lowest BCUT2D eigenvalue weighted by Crippen LogP contribution is -2.33. The van der Waals surface area contributed by atoms with Crippen molar-refractivity contribution >= 4 is 17.6 Å². The van der Waals surface area contributed by atoms with Crippen LogP contribution in [0.2, 0.25) is 0 Å². The number of nitrogens with zero attached hydrogens (tertiary/aromatic N) is 1. The molecule has 1 N–H and O–H groups in total. The fourth-order valence-corrected chi connectivity index (χ4v) is 4.09. The molecule has 0 radical (unpaired) electrons. The maximum atomic E-state index is 12.9. The highest BCUT2D eigenvalue weighted by atomic mass is 19.1. The van der Waals surface area contributed by atoms with Gasteiger partial charge in [0.1, 0.15) is 5.82 Å². The van der Waals surface area contributed by atoms with E-state index in [9.17, 15) is 14.0 Å². The van der Waals surface area contributed by atoms with Gasteiger partial charge >= 0.3 is 5.97 Å². The summed E-state index contributed by atoms with van der Waals surface area (Å²) in [5.41, 5.74) is 2.93. The molecule has 0 saturated carbocycles. The van der Waals surface area contributed by atoms with E-state index in [2.05, 4.69) is 22.3 Å². The molecule has 0 atom stereocenters. The molecule has 0 bridgehead atoms. The molecule has 3 rings (SSSR count). The Kier molecular flexibility index (Phi) is 9.43. The zero-order valence-corrected chi connectivity index (χ0v) is 19.7. The first-order chi connectivity index (χ1) is 15.9. The van der Waals surface area contributed by atoms with Crippen molar-refractivity contribution in [1.82, 2.24) is 4.90 Å². The van der Waals surface area contributed by atoms with Crippen LogP contribution in [0.4, 0.5) is 10.1 Å². The molecule has 0 aromatic heterocycles. The number of hydrogen-bond acceptors (Lipinski definition) is 4. The first kappa shape index (κ1) is 24.9. The van der Waals surface area contributed by atoms with Crippen LogP contribution in [0.3, 0.4) is 0 Å². The summed E-state index contributed by atoms with van der Waals surface area (Å²) in [7, 11) is 0. The molecule has 1 fully saturated rings. The smallest absolute Gasteiger partial charge is 0.310 e. The van der Waals surface area contributed by atoms with E-state index < -0.39 is 0 Å². The number of anilines is 1. The Morgan fingerprint density at radius 2 is 1.82 bits per heavy atom. The summed E-state index contributed by atoms with van der Waals surface area (Å²) in [5, 5.41) is 2.99. The summed E-state index contributed by atoms with van der Waals surface area (Å²) >= 11 is 0. The molecule has 1 saturated heterocycles. The van der Waals surface area contributed by atoms with Crippen LogP contribution < -0.4 is 5.32 Å². The van der Waals surface area contributed by atoms with E-state index in [-0.39, 0.29) is 30.0 Å². The van der Waals surface area contributed by atoms with Gasteiger partial charge in [0, 0.05) is 11.6 Å². The number of esters is 1. The maximum Gasteiger partial charge on any atom is 0.310 e. The van der Waals surface area contributed by atoms with Crippen molar-refractivity contribution < 1.29 is 18.7 Å². The Labute approximate surface area is 196 Å². The third kappa shape index (κ3) is 8.28. The second-order valence-electron chi connectivity index (χ2n) is 9.12. The van der Waals surface area contributed by atoms with Crippen LogP contribution in [0, 0.1) is 11.7 Å². The van der Waals surface area contributed by atoms with Gasteiger partial charge in [0.15, 0.2) is 0 Å². The number of unbranched alkanes of at least 4 members (excludes halogenated alkanes) is 1. The Bertz CT molecular complexity index is 906. The van der Waals surface area contributed by atoms with Gasteiger partial charge in [-0.25, -0.2) is 4.39 Å². The van der Waals surface area contributed by atoms with E-state index in [0.717, 1.165) is 56.6 Å². The van der Waals surface area contributed by atoms with Gasteiger partial charge in [0.05, 0.1) is 13.0 Å². The summed E-state index contributed by atoms with van der Waals surface area (Å²) in [6.07, 6.45) is 4.22. The fraction of sp³-hybridized carbons (Fsp3) is 0.481. The van der Waals surface area contributed by atoms with Crippen LogP contribution in [0.1, 0.15) is 56.6 Å². The third-order valence-corrected chi connectivity index (χ3v) is 6.13. The number of halogens is 1. The minimum absolute atomic E-state index is 0.0322. The third-order valence-electron chi connectivity index (χ3n) is 6.13. The van der Waals surface area contributed by atoms with E-state index in [0.29, 0.717) is 12.5 Å². The zero-order chi connectivity index (χ0) is 23.6. The van der Waals surface area contributed by atoms with Gasteiger partial charge in [0.25, 0.3) is 0 Å². The minimum Gasteiger partial charge on any atom is -0.465 e. The van der Waals surface area contributed by atoms with Crippen molar-refractivity contribution in [2.75, 3.05) is 31.6 Å². The van der Waals surface area contributed by atoms with Crippen LogP contribution in [-0.4, -0.2) is 43.0 Å². The molecular weight excluding hydrogens is 419 g/mol. The molecule has 1 heterocycles. The van der Waals surface area contributed by atoms with E-state index in [1.165, 1.54) is 17.7 Å². The summed E-state index contributed by atoms with van der Waals surface area (Å²) in [4.78, 5) is 26.3. The number of nitrogens with one attached hydrogen (secondary N) is 1. The van der Waals surface area contributed by atoms with E-state index in [1.54, 1.807) is 12.1 Å². The highest BCUT2D eigenvalue weighted by Gasteiger charge is 2.20. The van der Waals surface area contributed by atoms with Gasteiger partial charge < -0.3 is 15.0 Å². The van der Waals surface area contributed by atoms with Gasteiger partial charge in [-0.1, -0.05) is 38.1 Å². The number of piperidine rings is 1. The van der Waals surface area contributed by atoms with Crippen LogP contribution in [0.25, 0.3) is 0 Å². The van der Waals surface area contributed by atoms with Gasteiger partial charge in [-0.15, -0.1) is 0 Å². The lowest BCUT2D eigenvalue weighted by atomic mass is 9.89. The van der Waals surface area contributed by atoms with Crippen molar-refractivity contribution in [3.63, 3.8) is 0 Å². The van der Waals surface area contributed by atoms with Crippen LogP contribution in [0.15, 0.2) is 48.5 Å². The lowest BCUT2D eigenvalue weighted by molar-refractivity contribution is -0.143. The molecule has 0 unspecified atom stereocenters. The quantitative estimate of drug-likeness (QED) is 0.398. The number of ether oxygens (including phenoxy) is 1. The van der Waals surface area contributed by atoms with E-state index >= 15 is 0 Å². The largest absolute Gasteiger partial charge is 0.465 e. The number of carbonyl (C=O) groups excluding carboxylic acids is 2. The Morgan fingerprint density at radius 3 is 2.52 bits per heavy atom. The van der Waals surface area contributed by atoms with Crippen LogP contribution in [0.5, 0.6) is 0 Å². The Morgan fingerprint density at radius 1 is 1.09 bits per heavy atom. The number of likely N-dealkylation sites (tertiary alicyclic amines) is 1. The Hall–Kier alpha value is -2.73. The van der Waals surface area contributed by atoms with Gasteiger partial charge in [-0.2, -0.15) is 0 Å². The molecule has 1 aliphatic rings. The highest BCUT2D eigenvalue weighted by Crippen LogP contribution is 2.29. The number of rotatable bonds is 10. The summed E-state index contributed by atoms with van der Waals surface area (Å²) in [6.45, 7) is 7.33. The van der Waals surface area contributed by atoms with Crippen molar-refractivity contribution in [2.24, 2.45) is 5.92 Å². The van der Waals surface area contributed by atoms with Gasteiger partial charge in [-0.05, 0) is 86.6 Å². The SMILES string of the molecule is CC(C)C(=O)Nc1cccc(C2CCN(CCCCOC(=O)Cc3ccc(F)cc3)CC2)c1. The first-order valence-corrected chi connectivity index (χ1v) is 11.9. The fourth-order valence-electron chi connectivity index (χ4n) is 4.09. The average molecular weight is 455 g/mol. The minimum atomic E-state index is -0.306. The van der Waals surface area contributed by atoms with Crippen LogP contribution in [-0.2, 0) is 20.7 Å². The summed E-state index contributed by atoms with van der Waals surface area (Å²) in [5.74, 6) is -0.0445. The van der Waals surface area contributed by atoms with E-state index in [4.69, 9.17) is 4.74 Å². The number of benzene rings is 2. The monoisotopic (exact) mass is 454 g/mol. The Balaban J connectivity index is 1.31. The molecule has 0 aliphatic carbocycles. The molecule has 33 heavy (non-hydrogen) atoms. The molecule has 178 valence electrons. The van der Waals surface area contributed by atoms with Crippen molar-refractivity contribution in [3.05, 3.63) is 65.5 Å². The summed E-state index contributed by atoms with van der Waals surface area (Å²) in [6, 6.07) is 14.2. The molecule has 1 amide bonds. The normalized spacial score (nSPS) is 14.9. The number of hydrogen-bond donors (Lipinski definition) is 1. The number of amides is 1. The van der Waals surface area contributed by atoms with Gasteiger partial charge in [-0.3, -0.25) is 9.59 Å². The molecule has 5 nitrogen and oxygen atoms in total. The highest BCUT2D eigenvalue weighted by molar-refractivity contribution is 5.92. The average Bonchev–Trinajstić information content (AvgIpc) is 2.81. The van der Waals surface area contributed by atoms with E-state index in [1.807, 2.05) is 26.0 Å². The lowest BCUT2D eigenvalue weighted by Gasteiger charge is -2.32. The van der Waals surface area contributed by atoms with Crippen molar-refractivity contribution in [2.45, 2.75) is 51.9 Å². The second-order valence-corrected chi connectivity index (χ2v) is 9.12. The van der Waals surface area contributed by atoms with Gasteiger partial charge in [0.2, 0.25) is 5.91 Å². The topological polar surface area (TPSA) is 58.6 Å². The molecule has 2 aromatic carbocycles. The predicted octanol–water partition coefficient (Wildman–Crippen LogP) is 5.17. The zero-order valence-electron chi connectivity index (χ0n) is 19.7. The standard InChI is InChI=1S/C27H35FN2O3/c1-20(2)27(32)29-25-7-5-6-23(19-25)22-12-15-30(16-13-22)14-3-4-17-33-26(31)18-21-8-10-24(28)11-9-21/h5-11,19-20,22H,3-4,12-18H2,1-2H3,(H,29,32). The van der Waals surface area contributed by atoms with Crippen molar-refractivity contribution in [3.8, 4) is 0 Å². The maximum absolute atomic E-state index is 12.9. The molecule has 6 heteroatoms.